The smallest absolute Gasteiger partial charge is 0.357 e. The molecule has 1 aromatic heterocycles. The van der Waals surface area contributed by atoms with Crippen molar-refractivity contribution >= 4 is 33.2 Å². The van der Waals surface area contributed by atoms with Crippen LogP contribution in [-0.2, 0) is 10.1 Å². The van der Waals surface area contributed by atoms with Crippen molar-refractivity contribution in [2.24, 2.45) is 0 Å². The third-order valence-electron chi connectivity index (χ3n) is 1.14. The Hall–Kier alpha value is -0.420. The molecule has 0 aliphatic carbocycles. The van der Waals surface area contributed by atoms with Gasteiger partial charge in [-0.05, 0) is 0 Å². The summed E-state index contributed by atoms with van der Waals surface area (Å²) in [5.41, 5.74) is 2.04. The fourth-order valence-corrected chi connectivity index (χ4v) is 1.89. The van der Waals surface area contributed by atoms with E-state index in [0.29, 0.717) is 11.0 Å². The van der Waals surface area contributed by atoms with E-state index in [4.69, 9.17) is 0 Å². The number of hydrogen-bond donors (Lipinski definition) is 0. The van der Waals surface area contributed by atoms with Crippen LogP contribution in [0.25, 0.3) is 0 Å². The average molecular weight is 236 g/mol. The summed E-state index contributed by atoms with van der Waals surface area (Å²) in [6.45, 7) is 0. The van der Waals surface area contributed by atoms with Crippen LogP contribution in [0.3, 0.4) is 0 Å². The molecule has 0 bridgehead atoms. The number of halogens is 1. The van der Waals surface area contributed by atoms with Gasteiger partial charge in [-0.1, -0.05) is 15.9 Å². The number of thiazole rings is 1. The maximum absolute atomic E-state index is 11.0. The van der Waals surface area contributed by atoms with Gasteiger partial charge in [0, 0.05) is 10.2 Å². The van der Waals surface area contributed by atoms with Gasteiger partial charge in [0.15, 0.2) is 5.69 Å². The Morgan fingerprint density at radius 2 is 2.64 bits per heavy atom. The molecule has 0 atom stereocenters. The molecule has 1 aromatic rings. The van der Waals surface area contributed by atoms with Gasteiger partial charge in [0.05, 0.1) is 12.6 Å². The summed E-state index contributed by atoms with van der Waals surface area (Å²) < 4.78 is 4.52. The maximum Gasteiger partial charge on any atom is 0.357 e. The van der Waals surface area contributed by atoms with Gasteiger partial charge >= 0.3 is 5.97 Å². The fourth-order valence-electron chi connectivity index (χ4n) is 0.628. The Morgan fingerprint density at radius 3 is 3.18 bits per heavy atom. The van der Waals surface area contributed by atoms with Crippen molar-refractivity contribution in [3.8, 4) is 0 Å². The monoisotopic (exact) mass is 235 g/mol. The van der Waals surface area contributed by atoms with Crippen LogP contribution in [0.15, 0.2) is 5.51 Å². The van der Waals surface area contributed by atoms with Crippen LogP contribution < -0.4 is 0 Å². The number of esters is 1. The molecule has 0 aromatic carbocycles. The number of hydrogen-bond acceptors (Lipinski definition) is 4. The summed E-state index contributed by atoms with van der Waals surface area (Å²) in [4.78, 5) is 15.7. The van der Waals surface area contributed by atoms with E-state index < -0.39 is 0 Å². The topological polar surface area (TPSA) is 39.2 Å². The van der Waals surface area contributed by atoms with E-state index in [1.807, 2.05) is 0 Å². The van der Waals surface area contributed by atoms with Crippen molar-refractivity contribution in [1.82, 2.24) is 4.98 Å². The summed E-state index contributed by atoms with van der Waals surface area (Å²) in [6, 6.07) is 0. The minimum atomic E-state index is -0.374. The Labute approximate surface area is 76.5 Å². The molecule has 1 rings (SSSR count). The van der Waals surface area contributed by atoms with Gasteiger partial charge in [-0.25, -0.2) is 9.78 Å². The first kappa shape index (κ1) is 8.67. The quantitative estimate of drug-likeness (QED) is 0.580. The van der Waals surface area contributed by atoms with E-state index in [1.54, 1.807) is 5.51 Å². The lowest BCUT2D eigenvalue weighted by Crippen LogP contribution is -2.03. The van der Waals surface area contributed by atoms with E-state index in [0.717, 1.165) is 4.88 Å². The molecule has 0 amide bonds. The Morgan fingerprint density at radius 1 is 1.91 bits per heavy atom. The zero-order valence-corrected chi connectivity index (χ0v) is 8.24. The lowest BCUT2D eigenvalue weighted by molar-refractivity contribution is 0.0594. The van der Waals surface area contributed by atoms with Crippen LogP contribution in [0.1, 0.15) is 15.4 Å². The molecule has 1 heterocycles. The molecule has 60 valence electrons. The second-order valence-corrected chi connectivity index (χ2v) is 3.25. The molecule has 0 unspecified atom stereocenters. The third kappa shape index (κ3) is 1.78. The van der Waals surface area contributed by atoms with Gasteiger partial charge in [0.2, 0.25) is 0 Å². The van der Waals surface area contributed by atoms with E-state index in [-0.39, 0.29) is 5.97 Å². The number of aromatic nitrogens is 1. The minimum absolute atomic E-state index is 0.374. The normalized spacial score (nSPS) is 9.64. The second-order valence-electron chi connectivity index (χ2n) is 1.75. The summed E-state index contributed by atoms with van der Waals surface area (Å²) in [5.74, 6) is -0.374. The highest BCUT2D eigenvalue weighted by molar-refractivity contribution is 9.08. The van der Waals surface area contributed by atoms with Crippen molar-refractivity contribution in [1.29, 1.82) is 0 Å². The molecular formula is C6H6BrNO2S. The predicted octanol–water partition coefficient (Wildman–Crippen LogP) is 1.82. The average Bonchev–Trinajstić information content (AvgIpc) is 2.50. The molecule has 0 saturated carbocycles. The number of nitrogens with zero attached hydrogens (tertiary/aromatic N) is 1. The van der Waals surface area contributed by atoms with Crippen molar-refractivity contribution in [3.05, 3.63) is 16.1 Å². The fraction of sp³-hybridized carbons (Fsp3) is 0.333. The van der Waals surface area contributed by atoms with Gasteiger partial charge in [-0.3, -0.25) is 0 Å². The molecule has 0 N–H and O–H groups in total. The van der Waals surface area contributed by atoms with Crippen molar-refractivity contribution in [3.63, 3.8) is 0 Å². The zero-order chi connectivity index (χ0) is 8.27. The first-order valence-electron chi connectivity index (χ1n) is 2.86. The molecule has 0 spiro atoms. The van der Waals surface area contributed by atoms with Crippen LogP contribution in [0.5, 0.6) is 0 Å². The largest absolute Gasteiger partial charge is 0.464 e. The van der Waals surface area contributed by atoms with Crippen LogP contribution >= 0.6 is 27.3 Å². The zero-order valence-electron chi connectivity index (χ0n) is 5.83. The lowest BCUT2D eigenvalue weighted by atomic mass is 10.4. The molecular weight excluding hydrogens is 230 g/mol. The molecule has 0 radical (unpaired) electrons. The summed E-state index contributed by atoms with van der Waals surface area (Å²) >= 11 is 4.68. The third-order valence-corrected chi connectivity index (χ3v) is 2.91. The number of ether oxygens (including phenoxy) is 1. The first-order valence-corrected chi connectivity index (χ1v) is 4.86. The van der Waals surface area contributed by atoms with Crippen molar-refractivity contribution in [2.75, 3.05) is 7.11 Å². The van der Waals surface area contributed by atoms with Crippen LogP contribution in [0.4, 0.5) is 0 Å². The number of methoxy groups -OCH3 is 1. The number of alkyl halides is 1. The predicted molar refractivity (Wildman–Crippen MR) is 46.1 cm³/mol. The molecule has 0 aliphatic heterocycles. The van der Waals surface area contributed by atoms with Crippen LogP contribution in [0, 0.1) is 0 Å². The van der Waals surface area contributed by atoms with Gasteiger partial charge in [-0.2, -0.15) is 0 Å². The maximum atomic E-state index is 11.0. The van der Waals surface area contributed by atoms with E-state index in [2.05, 4.69) is 25.7 Å². The SMILES string of the molecule is COC(=O)c1ncsc1CBr. The minimum Gasteiger partial charge on any atom is -0.464 e. The first-order chi connectivity index (χ1) is 5.29. The van der Waals surface area contributed by atoms with Crippen molar-refractivity contribution in [2.45, 2.75) is 5.33 Å². The molecule has 11 heavy (non-hydrogen) atoms. The highest BCUT2D eigenvalue weighted by Crippen LogP contribution is 2.16. The summed E-state index contributed by atoms with van der Waals surface area (Å²) in [5, 5.41) is 0.641. The van der Waals surface area contributed by atoms with Crippen LogP contribution in [0.2, 0.25) is 0 Å². The molecule has 5 heteroatoms. The van der Waals surface area contributed by atoms with Gasteiger partial charge < -0.3 is 4.74 Å². The second kappa shape index (κ2) is 3.82. The number of carbonyl (C=O) groups excluding carboxylic acids is 1. The highest BCUT2D eigenvalue weighted by Gasteiger charge is 2.13. The van der Waals surface area contributed by atoms with E-state index >= 15 is 0 Å². The molecule has 0 fully saturated rings. The highest BCUT2D eigenvalue weighted by atomic mass is 79.9. The summed E-state index contributed by atoms with van der Waals surface area (Å²) in [7, 11) is 1.35. The molecule has 3 nitrogen and oxygen atoms in total. The lowest BCUT2D eigenvalue weighted by Gasteiger charge is -1.94. The van der Waals surface area contributed by atoms with Gasteiger partial charge in [0.1, 0.15) is 0 Å². The van der Waals surface area contributed by atoms with E-state index in [1.165, 1.54) is 18.4 Å². The van der Waals surface area contributed by atoms with Crippen LogP contribution in [-0.4, -0.2) is 18.1 Å². The Kier molecular flexibility index (Phi) is 3.02. The Bertz CT molecular complexity index is 261. The van der Waals surface area contributed by atoms with Gasteiger partial charge in [0.25, 0.3) is 0 Å². The van der Waals surface area contributed by atoms with Gasteiger partial charge in [-0.15, -0.1) is 11.3 Å². The summed E-state index contributed by atoms with van der Waals surface area (Å²) in [6.07, 6.45) is 0. The standard InChI is InChI=1S/C6H6BrNO2S/c1-10-6(9)5-4(2-7)11-3-8-5/h3H,2H2,1H3. The Balaban J connectivity index is 2.92. The number of rotatable bonds is 2. The van der Waals surface area contributed by atoms with Crippen molar-refractivity contribution < 1.29 is 9.53 Å². The number of carbonyl (C=O) groups is 1. The molecule has 0 aliphatic rings. The van der Waals surface area contributed by atoms with E-state index in [9.17, 15) is 4.79 Å². The molecule has 0 saturated heterocycles.